The minimum absolute atomic E-state index is 0.0581. The lowest BCUT2D eigenvalue weighted by Gasteiger charge is -2.35. The van der Waals surface area contributed by atoms with Crippen molar-refractivity contribution in [3.63, 3.8) is 0 Å². The van der Waals surface area contributed by atoms with Crippen molar-refractivity contribution in [2.24, 2.45) is 0 Å². The van der Waals surface area contributed by atoms with Crippen molar-refractivity contribution in [1.82, 2.24) is 9.88 Å². The van der Waals surface area contributed by atoms with Gasteiger partial charge in [0.1, 0.15) is 12.4 Å². The molecular weight excluding hydrogens is 302 g/mol. The van der Waals surface area contributed by atoms with E-state index in [0.29, 0.717) is 19.7 Å². The van der Waals surface area contributed by atoms with Gasteiger partial charge in [-0.15, -0.1) is 0 Å². The van der Waals surface area contributed by atoms with Gasteiger partial charge in [-0.05, 0) is 24.6 Å². The average Bonchev–Trinajstić information content (AvgIpc) is 2.63. The molecule has 126 valence electrons. The van der Waals surface area contributed by atoms with Crippen LogP contribution in [-0.2, 0) is 16.1 Å². The third kappa shape index (κ3) is 4.32. The van der Waals surface area contributed by atoms with Crippen LogP contribution in [0, 0.1) is 6.92 Å². The van der Waals surface area contributed by atoms with Gasteiger partial charge in [0, 0.05) is 31.9 Å². The molecule has 2 heterocycles. The first kappa shape index (κ1) is 16.5. The van der Waals surface area contributed by atoms with Crippen LogP contribution >= 0.6 is 0 Å². The lowest BCUT2D eigenvalue weighted by Crippen LogP contribution is -2.50. The molecule has 0 radical (unpaired) electrons. The summed E-state index contributed by atoms with van der Waals surface area (Å²) in [6, 6.07) is 15.9. The summed E-state index contributed by atoms with van der Waals surface area (Å²) in [5.74, 6) is 1.05. The fourth-order valence-corrected chi connectivity index (χ4v) is 2.81. The second kappa shape index (κ2) is 7.93. The molecule has 1 aromatic heterocycles. The number of aromatic nitrogens is 1. The van der Waals surface area contributed by atoms with Crippen molar-refractivity contribution in [2.45, 2.75) is 13.5 Å². The number of rotatable bonds is 5. The third-order valence-electron chi connectivity index (χ3n) is 4.17. The average molecular weight is 325 g/mol. The highest BCUT2D eigenvalue weighted by Crippen LogP contribution is 2.14. The van der Waals surface area contributed by atoms with Gasteiger partial charge in [0.05, 0.1) is 6.61 Å². The summed E-state index contributed by atoms with van der Waals surface area (Å²) in [6.45, 7) is 5.64. The van der Waals surface area contributed by atoms with Gasteiger partial charge in [0.25, 0.3) is 0 Å². The maximum Gasteiger partial charge on any atom is 0.248 e. The fourth-order valence-electron chi connectivity index (χ4n) is 2.81. The molecule has 1 fully saturated rings. The number of ether oxygens (including phenoxy) is 1. The monoisotopic (exact) mass is 325 g/mol. The second-order valence-electron chi connectivity index (χ2n) is 5.98. The van der Waals surface area contributed by atoms with Crippen molar-refractivity contribution < 1.29 is 9.53 Å². The Kier molecular flexibility index (Phi) is 5.43. The molecule has 5 nitrogen and oxygen atoms in total. The normalized spacial score (nSPS) is 14.7. The summed E-state index contributed by atoms with van der Waals surface area (Å²) in [5.41, 5.74) is 2.10. The maximum absolute atomic E-state index is 12.3. The lowest BCUT2D eigenvalue weighted by atomic mass is 10.2. The van der Waals surface area contributed by atoms with E-state index in [1.807, 2.05) is 60.4 Å². The van der Waals surface area contributed by atoms with Crippen LogP contribution in [0.4, 0.5) is 5.82 Å². The van der Waals surface area contributed by atoms with E-state index in [2.05, 4.69) is 9.88 Å². The lowest BCUT2D eigenvalue weighted by molar-refractivity contribution is -0.136. The van der Waals surface area contributed by atoms with Crippen molar-refractivity contribution in [3.05, 3.63) is 59.8 Å². The Morgan fingerprint density at radius 3 is 2.50 bits per heavy atom. The predicted octanol–water partition coefficient (Wildman–Crippen LogP) is 2.26. The molecule has 24 heavy (non-hydrogen) atoms. The highest BCUT2D eigenvalue weighted by Gasteiger charge is 2.21. The number of aryl methyl sites for hydroxylation is 1. The Hall–Kier alpha value is -2.40. The van der Waals surface area contributed by atoms with Crippen LogP contribution in [0.5, 0.6) is 0 Å². The Morgan fingerprint density at radius 2 is 1.79 bits per heavy atom. The molecule has 0 spiro atoms. The predicted molar refractivity (Wildman–Crippen MR) is 93.9 cm³/mol. The van der Waals surface area contributed by atoms with E-state index < -0.39 is 0 Å². The number of carbonyl (C=O) groups is 1. The molecular formula is C19H23N3O2. The molecule has 1 aliphatic heterocycles. The summed E-state index contributed by atoms with van der Waals surface area (Å²) < 4.78 is 5.54. The van der Waals surface area contributed by atoms with Gasteiger partial charge in [-0.25, -0.2) is 4.98 Å². The van der Waals surface area contributed by atoms with Crippen molar-refractivity contribution in [2.75, 3.05) is 37.7 Å². The molecule has 5 heteroatoms. The van der Waals surface area contributed by atoms with Gasteiger partial charge in [-0.1, -0.05) is 36.4 Å². The fraction of sp³-hybridized carbons (Fsp3) is 0.368. The van der Waals surface area contributed by atoms with Crippen LogP contribution in [0.25, 0.3) is 0 Å². The number of hydrogen-bond donors (Lipinski definition) is 0. The minimum Gasteiger partial charge on any atom is -0.367 e. The number of amides is 1. The number of pyridine rings is 1. The van der Waals surface area contributed by atoms with Crippen LogP contribution in [0.2, 0.25) is 0 Å². The van der Waals surface area contributed by atoms with E-state index in [1.54, 1.807) is 0 Å². The quantitative estimate of drug-likeness (QED) is 0.846. The molecule has 1 aliphatic rings. The molecule has 1 aromatic carbocycles. The zero-order valence-electron chi connectivity index (χ0n) is 14.0. The van der Waals surface area contributed by atoms with Gasteiger partial charge in [-0.2, -0.15) is 0 Å². The van der Waals surface area contributed by atoms with E-state index in [1.165, 1.54) is 0 Å². The van der Waals surface area contributed by atoms with Crippen molar-refractivity contribution in [3.8, 4) is 0 Å². The first-order valence-electron chi connectivity index (χ1n) is 8.30. The SMILES string of the molecule is Cc1cccc(N2CCN(C(=O)COCc3ccccc3)CC2)n1. The van der Waals surface area contributed by atoms with Crippen LogP contribution in [0.3, 0.4) is 0 Å². The highest BCUT2D eigenvalue weighted by molar-refractivity contribution is 5.77. The summed E-state index contributed by atoms with van der Waals surface area (Å²) >= 11 is 0. The summed E-state index contributed by atoms with van der Waals surface area (Å²) in [4.78, 5) is 20.9. The van der Waals surface area contributed by atoms with Crippen LogP contribution in [0.1, 0.15) is 11.3 Å². The Balaban J connectivity index is 1.43. The van der Waals surface area contributed by atoms with E-state index in [9.17, 15) is 4.79 Å². The molecule has 0 atom stereocenters. The molecule has 0 aliphatic carbocycles. The summed E-state index contributed by atoms with van der Waals surface area (Å²) in [6.07, 6.45) is 0. The molecule has 0 unspecified atom stereocenters. The van der Waals surface area contributed by atoms with Gasteiger partial charge >= 0.3 is 0 Å². The molecule has 1 amide bonds. The van der Waals surface area contributed by atoms with E-state index in [4.69, 9.17) is 4.74 Å². The smallest absolute Gasteiger partial charge is 0.248 e. The highest BCUT2D eigenvalue weighted by atomic mass is 16.5. The number of carbonyl (C=O) groups excluding carboxylic acids is 1. The number of piperazine rings is 1. The largest absolute Gasteiger partial charge is 0.367 e. The zero-order valence-corrected chi connectivity index (χ0v) is 14.0. The molecule has 3 rings (SSSR count). The first-order valence-corrected chi connectivity index (χ1v) is 8.30. The standard InChI is InChI=1S/C19H23N3O2/c1-16-6-5-9-18(20-16)21-10-12-22(13-11-21)19(23)15-24-14-17-7-3-2-4-8-17/h2-9H,10-15H2,1H3. The first-order chi connectivity index (χ1) is 11.7. The molecule has 0 saturated carbocycles. The van der Waals surface area contributed by atoms with Gasteiger partial charge < -0.3 is 14.5 Å². The summed E-state index contributed by atoms with van der Waals surface area (Å²) in [7, 11) is 0. The number of hydrogen-bond acceptors (Lipinski definition) is 4. The van der Waals surface area contributed by atoms with Gasteiger partial charge in [-0.3, -0.25) is 4.79 Å². The Bertz CT molecular complexity index is 667. The zero-order chi connectivity index (χ0) is 16.8. The van der Waals surface area contributed by atoms with E-state index in [0.717, 1.165) is 30.2 Å². The van der Waals surface area contributed by atoms with E-state index in [-0.39, 0.29) is 12.5 Å². The molecule has 1 saturated heterocycles. The van der Waals surface area contributed by atoms with Crippen molar-refractivity contribution >= 4 is 11.7 Å². The Morgan fingerprint density at radius 1 is 1.04 bits per heavy atom. The van der Waals surface area contributed by atoms with Crippen molar-refractivity contribution in [1.29, 1.82) is 0 Å². The molecule has 0 bridgehead atoms. The number of benzene rings is 1. The second-order valence-corrected chi connectivity index (χ2v) is 5.98. The number of nitrogens with zero attached hydrogens (tertiary/aromatic N) is 3. The van der Waals surface area contributed by atoms with Crippen LogP contribution in [-0.4, -0.2) is 48.6 Å². The van der Waals surface area contributed by atoms with Gasteiger partial charge in [0.2, 0.25) is 5.91 Å². The molecule has 2 aromatic rings. The molecule has 0 N–H and O–H groups in total. The van der Waals surface area contributed by atoms with Crippen LogP contribution < -0.4 is 4.90 Å². The minimum atomic E-state index is 0.0581. The van der Waals surface area contributed by atoms with E-state index >= 15 is 0 Å². The topological polar surface area (TPSA) is 45.7 Å². The van der Waals surface area contributed by atoms with Crippen LogP contribution in [0.15, 0.2) is 48.5 Å². The van der Waals surface area contributed by atoms with Gasteiger partial charge in [0.15, 0.2) is 0 Å². The summed E-state index contributed by atoms with van der Waals surface area (Å²) in [5, 5.41) is 0. The number of anilines is 1. The maximum atomic E-state index is 12.3. The Labute approximate surface area is 142 Å². The third-order valence-corrected chi connectivity index (χ3v) is 4.17.